The number of aryl methyl sites for hydroxylation is 1. The largest absolute Gasteiger partial charge is 0.244 e. The Labute approximate surface area is 70.4 Å². The third-order valence-corrected chi connectivity index (χ3v) is 1.88. The Bertz CT molecular complexity index is 301. The molecule has 3 heteroatoms. The molecule has 1 heterocycles. The Morgan fingerprint density at radius 1 is 1.73 bits per heavy atom. The van der Waals surface area contributed by atoms with Crippen LogP contribution in [0.25, 0.3) is 0 Å². The SMILES string of the molecule is CCc1ccnc(C#N)c1Cl. The van der Waals surface area contributed by atoms with Crippen molar-refractivity contribution in [1.82, 2.24) is 4.98 Å². The molecular weight excluding hydrogens is 160 g/mol. The van der Waals surface area contributed by atoms with Crippen LogP contribution < -0.4 is 0 Å². The molecule has 0 bridgehead atoms. The van der Waals surface area contributed by atoms with Gasteiger partial charge in [0.25, 0.3) is 0 Å². The normalized spacial score (nSPS) is 9.18. The van der Waals surface area contributed by atoms with Crippen molar-refractivity contribution in [2.24, 2.45) is 0 Å². The van der Waals surface area contributed by atoms with Gasteiger partial charge in [0.15, 0.2) is 5.69 Å². The predicted octanol–water partition coefficient (Wildman–Crippen LogP) is 2.17. The maximum atomic E-state index is 8.54. The molecule has 0 saturated carbocycles. The number of pyridine rings is 1. The first-order valence-corrected chi connectivity index (χ1v) is 3.71. The zero-order valence-electron chi connectivity index (χ0n) is 6.13. The van der Waals surface area contributed by atoms with E-state index < -0.39 is 0 Å². The first kappa shape index (κ1) is 8.03. The van der Waals surface area contributed by atoms with Gasteiger partial charge in [-0.05, 0) is 18.1 Å². The summed E-state index contributed by atoms with van der Waals surface area (Å²) >= 11 is 5.82. The number of hydrogen-bond acceptors (Lipinski definition) is 2. The van der Waals surface area contributed by atoms with Gasteiger partial charge in [0.05, 0.1) is 5.02 Å². The zero-order valence-corrected chi connectivity index (χ0v) is 6.89. The third kappa shape index (κ3) is 1.50. The van der Waals surface area contributed by atoms with Crippen LogP contribution in [-0.4, -0.2) is 4.98 Å². The predicted molar refractivity (Wildman–Crippen MR) is 43.3 cm³/mol. The highest BCUT2D eigenvalue weighted by atomic mass is 35.5. The van der Waals surface area contributed by atoms with E-state index in [2.05, 4.69) is 4.98 Å². The molecule has 0 spiro atoms. The standard InChI is InChI=1S/C8H7ClN2/c1-2-6-3-4-11-7(5-10)8(6)9/h3-4H,2H2,1H3. The lowest BCUT2D eigenvalue weighted by atomic mass is 10.2. The van der Waals surface area contributed by atoms with Gasteiger partial charge in [-0.1, -0.05) is 18.5 Å². The van der Waals surface area contributed by atoms with Gasteiger partial charge in [-0.15, -0.1) is 0 Å². The van der Waals surface area contributed by atoms with Crippen LogP contribution in [-0.2, 0) is 6.42 Å². The molecular formula is C8H7ClN2. The van der Waals surface area contributed by atoms with Crippen molar-refractivity contribution in [3.8, 4) is 6.07 Å². The molecule has 0 aliphatic rings. The second kappa shape index (κ2) is 3.36. The molecule has 0 aliphatic carbocycles. The lowest BCUT2D eigenvalue weighted by Gasteiger charge is -1.99. The zero-order chi connectivity index (χ0) is 8.27. The third-order valence-electron chi connectivity index (χ3n) is 1.46. The van der Waals surface area contributed by atoms with Gasteiger partial charge in [-0.25, -0.2) is 4.98 Å². The van der Waals surface area contributed by atoms with Gasteiger partial charge in [0.1, 0.15) is 6.07 Å². The van der Waals surface area contributed by atoms with Crippen LogP contribution in [0.3, 0.4) is 0 Å². The monoisotopic (exact) mass is 166 g/mol. The summed E-state index contributed by atoms with van der Waals surface area (Å²) in [6.07, 6.45) is 2.43. The first-order valence-electron chi connectivity index (χ1n) is 3.33. The summed E-state index contributed by atoms with van der Waals surface area (Å²) in [6, 6.07) is 3.75. The van der Waals surface area contributed by atoms with Crippen molar-refractivity contribution < 1.29 is 0 Å². The summed E-state index contributed by atoms with van der Waals surface area (Å²) in [5.41, 5.74) is 1.28. The lowest BCUT2D eigenvalue weighted by Crippen LogP contribution is -1.89. The molecule has 0 saturated heterocycles. The van der Waals surface area contributed by atoms with Crippen LogP contribution in [0.4, 0.5) is 0 Å². The fraction of sp³-hybridized carbons (Fsp3) is 0.250. The van der Waals surface area contributed by atoms with Crippen molar-refractivity contribution in [1.29, 1.82) is 5.26 Å². The molecule has 0 N–H and O–H groups in total. The van der Waals surface area contributed by atoms with Crippen LogP contribution in [0, 0.1) is 11.3 Å². The fourth-order valence-corrected chi connectivity index (χ4v) is 1.12. The molecule has 0 unspecified atom stereocenters. The highest BCUT2D eigenvalue weighted by Gasteiger charge is 2.03. The smallest absolute Gasteiger partial charge is 0.159 e. The van der Waals surface area contributed by atoms with E-state index in [1.165, 1.54) is 0 Å². The highest BCUT2D eigenvalue weighted by molar-refractivity contribution is 6.32. The van der Waals surface area contributed by atoms with E-state index in [-0.39, 0.29) is 0 Å². The van der Waals surface area contributed by atoms with Gasteiger partial charge >= 0.3 is 0 Å². The van der Waals surface area contributed by atoms with Crippen molar-refractivity contribution in [3.63, 3.8) is 0 Å². The maximum Gasteiger partial charge on any atom is 0.159 e. The first-order chi connectivity index (χ1) is 5.29. The summed E-state index contributed by atoms with van der Waals surface area (Å²) in [5.74, 6) is 0. The van der Waals surface area contributed by atoms with Crippen molar-refractivity contribution in [3.05, 3.63) is 28.5 Å². The minimum Gasteiger partial charge on any atom is -0.244 e. The second-order valence-electron chi connectivity index (χ2n) is 2.10. The Hall–Kier alpha value is -1.07. The lowest BCUT2D eigenvalue weighted by molar-refractivity contribution is 1.11. The summed E-state index contributed by atoms with van der Waals surface area (Å²) in [6.45, 7) is 1.99. The quantitative estimate of drug-likeness (QED) is 0.641. The van der Waals surface area contributed by atoms with Crippen LogP contribution in [0.5, 0.6) is 0 Å². The Morgan fingerprint density at radius 2 is 2.45 bits per heavy atom. The molecule has 11 heavy (non-hydrogen) atoms. The molecule has 0 fully saturated rings. The highest BCUT2D eigenvalue weighted by Crippen LogP contribution is 2.18. The van der Waals surface area contributed by atoms with E-state index in [1.54, 1.807) is 6.20 Å². The number of aromatic nitrogens is 1. The summed E-state index contributed by atoms with van der Waals surface area (Å²) < 4.78 is 0. The average molecular weight is 167 g/mol. The number of nitriles is 1. The summed E-state index contributed by atoms with van der Waals surface area (Å²) in [4.78, 5) is 3.81. The van der Waals surface area contributed by atoms with E-state index in [1.807, 2.05) is 19.1 Å². The van der Waals surface area contributed by atoms with E-state index in [4.69, 9.17) is 16.9 Å². The van der Waals surface area contributed by atoms with Gasteiger partial charge in [0, 0.05) is 6.20 Å². The summed E-state index contributed by atoms with van der Waals surface area (Å²) in [7, 11) is 0. The molecule has 0 radical (unpaired) electrons. The molecule has 1 aromatic heterocycles. The van der Waals surface area contributed by atoms with Gasteiger partial charge in [-0.2, -0.15) is 5.26 Å². The fourth-order valence-electron chi connectivity index (χ4n) is 0.835. The van der Waals surface area contributed by atoms with Gasteiger partial charge in [0.2, 0.25) is 0 Å². The van der Waals surface area contributed by atoms with E-state index in [9.17, 15) is 0 Å². The van der Waals surface area contributed by atoms with Gasteiger partial charge < -0.3 is 0 Å². The number of nitrogens with zero attached hydrogens (tertiary/aromatic N) is 2. The number of rotatable bonds is 1. The maximum absolute atomic E-state index is 8.54. The second-order valence-corrected chi connectivity index (χ2v) is 2.48. The molecule has 2 nitrogen and oxygen atoms in total. The van der Waals surface area contributed by atoms with Crippen LogP contribution in [0.2, 0.25) is 5.02 Å². The van der Waals surface area contributed by atoms with Crippen molar-refractivity contribution >= 4 is 11.6 Å². The Morgan fingerprint density at radius 3 is 3.00 bits per heavy atom. The molecule has 0 aromatic carbocycles. The Kier molecular flexibility index (Phi) is 2.45. The molecule has 0 atom stereocenters. The Balaban J connectivity index is 3.23. The van der Waals surface area contributed by atoms with Crippen molar-refractivity contribution in [2.75, 3.05) is 0 Å². The van der Waals surface area contributed by atoms with E-state index >= 15 is 0 Å². The van der Waals surface area contributed by atoms with Crippen molar-refractivity contribution in [2.45, 2.75) is 13.3 Å². The topological polar surface area (TPSA) is 36.7 Å². The number of hydrogen-bond donors (Lipinski definition) is 0. The molecule has 56 valence electrons. The molecule has 0 amide bonds. The minimum atomic E-state index is 0.311. The molecule has 0 aliphatic heterocycles. The summed E-state index contributed by atoms with van der Waals surface area (Å²) in [5, 5.41) is 9.03. The van der Waals surface area contributed by atoms with E-state index in [0.29, 0.717) is 10.7 Å². The van der Waals surface area contributed by atoms with Crippen LogP contribution >= 0.6 is 11.6 Å². The average Bonchev–Trinajstić information content (AvgIpc) is 2.05. The van der Waals surface area contributed by atoms with E-state index in [0.717, 1.165) is 12.0 Å². The van der Waals surface area contributed by atoms with Crippen LogP contribution in [0.1, 0.15) is 18.2 Å². The van der Waals surface area contributed by atoms with Gasteiger partial charge in [-0.3, -0.25) is 0 Å². The van der Waals surface area contributed by atoms with Crippen LogP contribution in [0.15, 0.2) is 12.3 Å². The number of halogens is 1. The molecule has 1 aromatic rings. The molecule has 1 rings (SSSR count). The minimum absolute atomic E-state index is 0.311.